The van der Waals surface area contributed by atoms with Gasteiger partial charge >= 0.3 is 0 Å². The van der Waals surface area contributed by atoms with Gasteiger partial charge < -0.3 is 9.47 Å². The van der Waals surface area contributed by atoms with Gasteiger partial charge in [0.25, 0.3) is 0 Å². The van der Waals surface area contributed by atoms with Crippen LogP contribution in [0.5, 0.6) is 11.5 Å². The maximum absolute atomic E-state index is 12.5. The fraction of sp³-hybridized carbons (Fsp3) is 0.250. The predicted molar refractivity (Wildman–Crippen MR) is 87.8 cm³/mol. The lowest BCUT2D eigenvalue weighted by Gasteiger charge is -2.25. The lowest BCUT2D eigenvalue weighted by atomic mass is 10.0. The molecule has 0 radical (unpaired) electrons. The lowest BCUT2D eigenvalue weighted by molar-refractivity contribution is 0.254. The highest BCUT2D eigenvalue weighted by Crippen LogP contribution is 2.28. The number of ether oxygens (including phenoxy) is 2. The van der Waals surface area contributed by atoms with Crippen LogP contribution in [-0.2, 0) is 16.4 Å². The minimum Gasteiger partial charge on any atom is -0.495 e. The van der Waals surface area contributed by atoms with Gasteiger partial charge in [0, 0.05) is 0 Å². The molecule has 122 valence electrons. The van der Waals surface area contributed by atoms with E-state index < -0.39 is 10.0 Å². The van der Waals surface area contributed by atoms with E-state index in [-0.39, 0.29) is 16.0 Å². The predicted octanol–water partition coefficient (Wildman–Crippen LogP) is 2.63. The van der Waals surface area contributed by atoms with Crippen LogP contribution in [0.25, 0.3) is 0 Å². The Balaban J connectivity index is 1.78. The zero-order valence-electron chi connectivity index (χ0n) is 12.5. The molecule has 0 aromatic heterocycles. The van der Waals surface area contributed by atoms with Gasteiger partial charge in [0.2, 0.25) is 10.0 Å². The second-order valence-corrected chi connectivity index (χ2v) is 7.36. The van der Waals surface area contributed by atoms with Gasteiger partial charge in [-0.25, -0.2) is 13.1 Å². The minimum atomic E-state index is -3.68. The van der Waals surface area contributed by atoms with Crippen molar-refractivity contribution in [3.8, 4) is 11.5 Å². The summed E-state index contributed by atoms with van der Waals surface area (Å²) in [7, 11) is -2.20. The van der Waals surface area contributed by atoms with E-state index >= 15 is 0 Å². The van der Waals surface area contributed by atoms with Gasteiger partial charge in [0.05, 0.1) is 23.1 Å². The number of para-hydroxylation sites is 1. The van der Waals surface area contributed by atoms with E-state index in [1.165, 1.54) is 25.3 Å². The first-order valence-corrected chi connectivity index (χ1v) is 8.92. The number of rotatable bonds is 4. The standard InChI is InChI=1S/C16H16ClNO4S/c1-21-16-7-6-13(9-14(16)17)23(19,20)18-12-8-11-4-2-3-5-15(11)22-10-12/h2-7,9,12,18H,8,10H2,1H3/t12-/m0/s1. The third-order valence-electron chi connectivity index (χ3n) is 3.63. The molecule has 0 bridgehead atoms. The Bertz CT molecular complexity index is 823. The van der Waals surface area contributed by atoms with Crippen molar-refractivity contribution in [2.24, 2.45) is 0 Å². The van der Waals surface area contributed by atoms with Crippen LogP contribution in [0.15, 0.2) is 47.4 Å². The summed E-state index contributed by atoms with van der Waals surface area (Å²) < 4.78 is 38.3. The largest absolute Gasteiger partial charge is 0.495 e. The Labute approximate surface area is 140 Å². The van der Waals surface area contributed by atoms with Crippen LogP contribution in [0.2, 0.25) is 5.02 Å². The van der Waals surface area contributed by atoms with Gasteiger partial charge in [-0.1, -0.05) is 29.8 Å². The van der Waals surface area contributed by atoms with E-state index in [1.807, 2.05) is 24.3 Å². The van der Waals surface area contributed by atoms with Gasteiger partial charge in [0.15, 0.2) is 0 Å². The Morgan fingerprint density at radius 2 is 2.04 bits per heavy atom. The molecule has 0 spiro atoms. The molecule has 3 rings (SSSR count). The van der Waals surface area contributed by atoms with Crippen molar-refractivity contribution in [3.63, 3.8) is 0 Å². The van der Waals surface area contributed by atoms with Gasteiger partial charge in [-0.2, -0.15) is 0 Å². The third kappa shape index (κ3) is 3.44. The number of hydrogen-bond donors (Lipinski definition) is 1. The maximum Gasteiger partial charge on any atom is 0.241 e. The molecule has 1 aliphatic rings. The highest BCUT2D eigenvalue weighted by molar-refractivity contribution is 7.89. The van der Waals surface area contributed by atoms with E-state index in [1.54, 1.807) is 0 Å². The SMILES string of the molecule is COc1ccc(S(=O)(=O)N[C@@H]2COc3ccccc3C2)cc1Cl. The molecule has 1 heterocycles. The molecule has 23 heavy (non-hydrogen) atoms. The number of sulfonamides is 1. The minimum absolute atomic E-state index is 0.0992. The molecule has 0 saturated carbocycles. The van der Waals surface area contributed by atoms with Crippen molar-refractivity contribution in [1.29, 1.82) is 0 Å². The number of hydrogen-bond acceptors (Lipinski definition) is 4. The molecular weight excluding hydrogens is 338 g/mol. The maximum atomic E-state index is 12.5. The second-order valence-electron chi connectivity index (χ2n) is 5.24. The van der Waals surface area contributed by atoms with Gasteiger partial charge in [-0.3, -0.25) is 0 Å². The summed E-state index contributed by atoms with van der Waals surface area (Å²) >= 11 is 6.00. The molecule has 7 heteroatoms. The van der Waals surface area contributed by atoms with E-state index in [9.17, 15) is 8.42 Å². The smallest absolute Gasteiger partial charge is 0.241 e. The zero-order valence-corrected chi connectivity index (χ0v) is 14.0. The Morgan fingerprint density at radius 3 is 2.78 bits per heavy atom. The number of benzene rings is 2. The Kier molecular flexibility index (Phi) is 4.48. The van der Waals surface area contributed by atoms with Gasteiger partial charge in [0.1, 0.15) is 18.1 Å². The highest BCUT2D eigenvalue weighted by Gasteiger charge is 2.25. The van der Waals surface area contributed by atoms with Crippen LogP contribution in [-0.4, -0.2) is 28.2 Å². The van der Waals surface area contributed by atoms with E-state index in [0.717, 1.165) is 11.3 Å². The topological polar surface area (TPSA) is 64.6 Å². The quantitative estimate of drug-likeness (QED) is 0.917. The highest BCUT2D eigenvalue weighted by atomic mass is 35.5. The summed E-state index contributed by atoms with van der Waals surface area (Å²) in [5.74, 6) is 1.23. The monoisotopic (exact) mass is 353 g/mol. The van der Waals surface area contributed by atoms with E-state index in [0.29, 0.717) is 18.8 Å². The fourth-order valence-electron chi connectivity index (χ4n) is 2.51. The summed E-state index contributed by atoms with van der Waals surface area (Å²) in [5.41, 5.74) is 0.985. The fourth-order valence-corrected chi connectivity index (χ4v) is 4.07. The Morgan fingerprint density at radius 1 is 1.26 bits per heavy atom. The summed E-state index contributed by atoms with van der Waals surface area (Å²) in [5, 5.41) is 0.251. The van der Waals surface area contributed by atoms with E-state index in [4.69, 9.17) is 21.1 Å². The third-order valence-corrected chi connectivity index (χ3v) is 5.45. The molecule has 0 saturated heterocycles. The first-order valence-electron chi connectivity index (χ1n) is 7.06. The molecular formula is C16H16ClNO4S. The molecule has 0 unspecified atom stereocenters. The van der Waals surface area contributed by atoms with Gasteiger partial charge in [-0.15, -0.1) is 0 Å². The van der Waals surface area contributed by atoms with Crippen LogP contribution in [0.3, 0.4) is 0 Å². The second kappa shape index (κ2) is 6.39. The lowest BCUT2D eigenvalue weighted by Crippen LogP contribution is -2.42. The molecule has 1 N–H and O–H groups in total. The van der Waals surface area contributed by atoms with Crippen LogP contribution >= 0.6 is 11.6 Å². The number of fused-ring (bicyclic) bond motifs is 1. The van der Waals surface area contributed by atoms with Crippen LogP contribution in [0.4, 0.5) is 0 Å². The normalized spacial score (nSPS) is 17.2. The zero-order chi connectivity index (χ0) is 16.4. The number of halogens is 1. The van der Waals surface area contributed by atoms with Crippen molar-refractivity contribution in [2.75, 3.05) is 13.7 Å². The summed E-state index contributed by atoms with van der Waals surface area (Å²) in [4.78, 5) is 0.0992. The summed E-state index contributed by atoms with van der Waals surface area (Å²) in [6.45, 7) is 0.292. The van der Waals surface area contributed by atoms with Crippen molar-refractivity contribution in [2.45, 2.75) is 17.4 Å². The Hall–Kier alpha value is -1.76. The molecule has 0 fully saturated rings. The van der Waals surface area contributed by atoms with Crippen molar-refractivity contribution in [3.05, 3.63) is 53.1 Å². The molecule has 5 nitrogen and oxygen atoms in total. The molecule has 1 atom stereocenters. The van der Waals surface area contributed by atoms with Crippen LogP contribution in [0, 0.1) is 0 Å². The van der Waals surface area contributed by atoms with Crippen molar-refractivity contribution >= 4 is 21.6 Å². The summed E-state index contributed by atoms with van der Waals surface area (Å²) in [6, 6.07) is 11.7. The number of methoxy groups -OCH3 is 1. The summed E-state index contributed by atoms with van der Waals surface area (Å²) in [6.07, 6.45) is 0.583. The van der Waals surface area contributed by atoms with Crippen LogP contribution < -0.4 is 14.2 Å². The van der Waals surface area contributed by atoms with Gasteiger partial charge in [-0.05, 0) is 36.2 Å². The van der Waals surface area contributed by atoms with Crippen LogP contribution in [0.1, 0.15) is 5.56 Å². The first kappa shape index (κ1) is 16.1. The molecule has 1 aliphatic heterocycles. The molecule has 0 amide bonds. The average molecular weight is 354 g/mol. The molecule has 2 aromatic carbocycles. The molecule has 2 aromatic rings. The number of nitrogens with one attached hydrogen (secondary N) is 1. The van der Waals surface area contributed by atoms with Crippen molar-refractivity contribution in [1.82, 2.24) is 4.72 Å². The van der Waals surface area contributed by atoms with Crippen molar-refractivity contribution < 1.29 is 17.9 Å². The molecule has 0 aliphatic carbocycles. The average Bonchev–Trinajstić information content (AvgIpc) is 2.54. The first-order chi connectivity index (χ1) is 11.0. The van der Waals surface area contributed by atoms with E-state index in [2.05, 4.69) is 4.72 Å².